The second-order valence-corrected chi connectivity index (χ2v) is 5.57. The molecule has 1 fully saturated rings. The molecule has 2 heterocycles. The Balaban J connectivity index is 1.65. The van der Waals surface area contributed by atoms with E-state index in [1.807, 2.05) is 6.26 Å². The van der Waals surface area contributed by atoms with Crippen LogP contribution in [0.1, 0.15) is 49.4 Å². The van der Waals surface area contributed by atoms with Gasteiger partial charge in [0.15, 0.2) is 0 Å². The fraction of sp³-hybridized carbons (Fsp3) is 0.562. The molecular weight excluding hydrogens is 250 g/mol. The predicted octanol–water partition coefficient (Wildman–Crippen LogP) is 2.90. The zero-order valence-corrected chi connectivity index (χ0v) is 12.4. The van der Waals surface area contributed by atoms with Gasteiger partial charge in [0.25, 0.3) is 0 Å². The summed E-state index contributed by atoms with van der Waals surface area (Å²) in [5.41, 5.74) is 3.66. The molecule has 4 nitrogen and oxygen atoms in total. The maximum atomic E-state index is 5.66. The molecule has 20 heavy (non-hydrogen) atoms. The summed E-state index contributed by atoms with van der Waals surface area (Å²) in [5.74, 6) is 0.984. The highest BCUT2D eigenvalue weighted by molar-refractivity contribution is 5.16. The molecule has 0 unspecified atom stereocenters. The highest BCUT2D eigenvalue weighted by Crippen LogP contribution is 2.20. The number of aromatic nitrogens is 2. The molecule has 0 aliphatic heterocycles. The molecule has 0 spiro atoms. The van der Waals surface area contributed by atoms with Gasteiger partial charge in [-0.2, -0.15) is 5.10 Å². The molecule has 0 bridgehead atoms. The Kier molecular flexibility index (Phi) is 3.92. The van der Waals surface area contributed by atoms with Crippen LogP contribution in [-0.2, 0) is 25.9 Å². The Bertz CT molecular complexity index is 566. The van der Waals surface area contributed by atoms with Crippen molar-refractivity contribution in [3.63, 3.8) is 0 Å². The van der Waals surface area contributed by atoms with E-state index in [4.69, 9.17) is 4.42 Å². The van der Waals surface area contributed by atoms with Crippen LogP contribution in [0.25, 0.3) is 0 Å². The zero-order valence-electron chi connectivity index (χ0n) is 12.4. The van der Waals surface area contributed by atoms with E-state index >= 15 is 0 Å². The van der Waals surface area contributed by atoms with Gasteiger partial charge in [-0.1, -0.05) is 13.8 Å². The summed E-state index contributed by atoms with van der Waals surface area (Å²) in [6, 6.07) is 5.07. The van der Waals surface area contributed by atoms with Gasteiger partial charge < -0.3 is 9.73 Å². The summed E-state index contributed by atoms with van der Waals surface area (Å²) >= 11 is 0. The van der Waals surface area contributed by atoms with Gasteiger partial charge in [-0.15, -0.1) is 0 Å². The first-order valence-electron chi connectivity index (χ1n) is 7.63. The number of hydrogen-bond acceptors (Lipinski definition) is 3. The SMILES string of the molecule is CCc1cc(CC)n(Cc2cc(CNC3CC3)co2)n1. The molecule has 108 valence electrons. The highest BCUT2D eigenvalue weighted by Gasteiger charge is 2.20. The van der Waals surface area contributed by atoms with Crippen LogP contribution < -0.4 is 5.32 Å². The molecule has 0 radical (unpaired) electrons. The van der Waals surface area contributed by atoms with Crippen LogP contribution in [0.2, 0.25) is 0 Å². The van der Waals surface area contributed by atoms with Crippen LogP contribution in [-0.4, -0.2) is 15.8 Å². The van der Waals surface area contributed by atoms with Crippen molar-refractivity contribution < 1.29 is 4.42 Å². The van der Waals surface area contributed by atoms with E-state index in [1.165, 1.54) is 24.1 Å². The molecule has 0 atom stereocenters. The summed E-state index contributed by atoms with van der Waals surface area (Å²) in [7, 11) is 0. The largest absolute Gasteiger partial charge is 0.467 e. The predicted molar refractivity (Wildman–Crippen MR) is 78.7 cm³/mol. The van der Waals surface area contributed by atoms with E-state index < -0.39 is 0 Å². The van der Waals surface area contributed by atoms with Crippen molar-refractivity contribution in [1.82, 2.24) is 15.1 Å². The van der Waals surface area contributed by atoms with E-state index in [-0.39, 0.29) is 0 Å². The quantitative estimate of drug-likeness (QED) is 0.843. The molecule has 2 aromatic heterocycles. The van der Waals surface area contributed by atoms with Gasteiger partial charge in [0.05, 0.1) is 18.5 Å². The third-order valence-corrected chi connectivity index (χ3v) is 3.82. The first-order chi connectivity index (χ1) is 9.78. The second-order valence-electron chi connectivity index (χ2n) is 5.57. The maximum absolute atomic E-state index is 5.66. The van der Waals surface area contributed by atoms with Gasteiger partial charge in [0.1, 0.15) is 5.76 Å². The van der Waals surface area contributed by atoms with Crippen LogP contribution in [0.15, 0.2) is 22.8 Å². The van der Waals surface area contributed by atoms with E-state index in [1.54, 1.807) is 0 Å². The minimum atomic E-state index is 0.729. The molecule has 1 saturated carbocycles. The molecule has 4 heteroatoms. The summed E-state index contributed by atoms with van der Waals surface area (Å²) in [4.78, 5) is 0. The van der Waals surface area contributed by atoms with Crippen molar-refractivity contribution >= 4 is 0 Å². The smallest absolute Gasteiger partial charge is 0.125 e. The lowest BCUT2D eigenvalue weighted by atomic mass is 10.2. The lowest BCUT2D eigenvalue weighted by molar-refractivity contribution is 0.471. The van der Waals surface area contributed by atoms with Gasteiger partial charge in [0, 0.05) is 23.8 Å². The fourth-order valence-electron chi connectivity index (χ4n) is 2.41. The Morgan fingerprint density at radius 3 is 2.85 bits per heavy atom. The van der Waals surface area contributed by atoms with Crippen LogP contribution in [0, 0.1) is 0 Å². The fourth-order valence-corrected chi connectivity index (χ4v) is 2.41. The lowest BCUT2D eigenvalue weighted by Crippen LogP contribution is -2.14. The highest BCUT2D eigenvalue weighted by atomic mass is 16.3. The Hall–Kier alpha value is -1.55. The minimum Gasteiger partial charge on any atom is -0.467 e. The van der Waals surface area contributed by atoms with Crippen molar-refractivity contribution in [1.29, 1.82) is 0 Å². The third-order valence-electron chi connectivity index (χ3n) is 3.82. The van der Waals surface area contributed by atoms with E-state index in [0.29, 0.717) is 0 Å². The van der Waals surface area contributed by atoms with Crippen molar-refractivity contribution in [3.05, 3.63) is 41.1 Å². The van der Waals surface area contributed by atoms with Crippen LogP contribution in [0.4, 0.5) is 0 Å². The van der Waals surface area contributed by atoms with Gasteiger partial charge in [-0.3, -0.25) is 4.68 Å². The number of furan rings is 1. The molecule has 3 rings (SSSR count). The molecular formula is C16H23N3O. The summed E-state index contributed by atoms with van der Waals surface area (Å²) in [6.07, 6.45) is 6.48. The topological polar surface area (TPSA) is 43.0 Å². The molecule has 1 aliphatic carbocycles. The standard InChI is InChI=1S/C16H23N3O/c1-3-13-8-15(4-2)19(18-13)10-16-7-12(11-20-16)9-17-14-5-6-14/h7-8,11,14,17H,3-6,9-10H2,1-2H3. The summed E-state index contributed by atoms with van der Waals surface area (Å²) < 4.78 is 7.73. The molecule has 1 aliphatic rings. The van der Waals surface area contributed by atoms with Gasteiger partial charge in [-0.05, 0) is 37.8 Å². The Labute approximate surface area is 120 Å². The number of aryl methyl sites for hydroxylation is 2. The number of nitrogens with one attached hydrogen (secondary N) is 1. The zero-order chi connectivity index (χ0) is 13.9. The van der Waals surface area contributed by atoms with Crippen molar-refractivity contribution in [2.24, 2.45) is 0 Å². The minimum absolute atomic E-state index is 0.729. The van der Waals surface area contributed by atoms with Crippen LogP contribution >= 0.6 is 0 Å². The van der Waals surface area contributed by atoms with Gasteiger partial charge in [0.2, 0.25) is 0 Å². The molecule has 0 aromatic carbocycles. The lowest BCUT2D eigenvalue weighted by Gasteiger charge is -2.02. The van der Waals surface area contributed by atoms with Crippen LogP contribution in [0.5, 0.6) is 0 Å². The van der Waals surface area contributed by atoms with Crippen molar-refractivity contribution in [3.8, 4) is 0 Å². The van der Waals surface area contributed by atoms with Gasteiger partial charge in [-0.25, -0.2) is 0 Å². The van der Waals surface area contributed by atoms with Gasteiger partial charge >= 0.3 is 0 Å². The average molecular weight is 273 g/mol. The monoisotopic (exact) mass is 273 g/mol. The second kappa shape index (κ2) is 5.83. The normalized spacial score (nSPS) is 14.9. The maximum Gasteiger partial charge on any atom is 0.125 e. The van der Waals surface area contributed by atoms with E-state index in [2.05, 4.69) is 41.1 Å². The van der Waals surface area contributed by atoms with E-state index in [0.717, 1.165) is 43.4 Å². The first kappa shape index (κ1) is 13.4. The first-order valence-corrected chi connectivity index (χ1v) is 7.63. The number of hydrogen-bond donors (Lipinski definition) is 1. The van der Waals surface area contributed by atoms with Crippen molar-refractivity contribution in [2.45, 2.75) is 58.7 Å². The molecule has 0 amide bonds. The number of nitrogens with zero attached hydrogens (tertiary/aromatic N) is 2. The number of rotatable bonds is 7. The Morgan fingerprint density at radius 2 is 2.15 bits per heavy atom. The van der Waals surface area contributed by atoms with E-state index in [9.17, 15) is 0 Å². The van der Waals surface area contributed by atoms with Crippen LogP contribution in [0.3, 0.4) is 0 Å². The Morgan fingerprint density at radius 1 is 1.30 bits per heavy atom. The molecule has 0 saturated heterocycles. The molecule has 2 aromatic rings. The average Bonchev–Trinajstić information content (AvgIpc) is 3.05. The molecule has 1 N–H and O–H groups in total. The summed E-state index contributed by atoms with van der Waals surface area (Å²) in [5, 5.41) is 8.13. The third kappa shape index (κ3) is 3.12. The summed E-state index contributed by atoms with van der Waals surface area (Å²) in [6.45, 7) is 5.95. The van der Waals surface area contributed by atoms with Crippen molar-refractivity contribution in [2.75, 3.05) is 0 Å².